The average Bonchev–Trinajstić information content (AvgIpc) is 2.32. The van der Waals surface area contributed by atoms with Gasteiger partial charge < -0.3 is 5.32 Å². The summed E-state index contributed by atoms with van der Waals surface area (Å²) in [6.45, 7) is 0.282. The van der Waals surface area contributed by atoms with Crippen molar-refractivity contribution in [1.82, 2.24) is 5.32 Å². The van der Waals surface area contributed by atoms with E-state index >= 15 is 0 Å². The molecule has 0 aromatic heterocycles. The van der Waals surface area contributed by atoms with E-state index in [1.807, 2.05) is 0 Å². The molecule has 0 bridgehead atoms. The van der Waals surface area contributed by atoms with Crippen LogP contribution in [0.15, 0.2) is 18.2 Å². The van der Waals surface area contributed by atoms with Gasteiger partial charge in [0.15, 0.2) is 0 Å². The Hall–Kier alpha value is -1.31. The number of alkyl halides is 6. The summed E-state index contributed by atoms with van der Waals surface area (Å²) in [4.78, 5) is 0. The van der Waals surface area contributed by atoms with Gasteiger partial charge in [0, 0.05) is 13.0 Å². The van der Waals surface area contributed by atoms with E-state index in [-0.39, 0.29) is 31.5 Å². The van der Waals surface area contributed by atoms with Gasteiger partial charge in [-0.1, -0.05) is 6.07 Å². The van der Waals surface area contributed by atoms with E-state index in [4.69, 9.17) is 0 Å². The Labute approximate surface area is 117 Å². The van der Waals surface area contributed by atoms with Crippen molar-refractivity contribution in [3.63, 3.8) is 0 Å². The molecule has 1 nitrogen and oxygen atoms in total. The summed E-state index contributed by atoms with van der Waals surface area (Å²) in [5, 5.41) is 2.73. The lowest BCUT2D eigenvalue weighted by Crippen LogP contribution is -2.17. The van der Waals surface area contributed by atoms with Crippen LogP contribution in [0.2, 0.25) is 0 Å². The Kier molecular flexibility index (Phi) is 6.00. The lowest BCUT2D eigenvalue weighted by molar-refractivity contribution is -0.140. The second-order valence-electron chi connectivity index (χ2n) is 4.56. The van der Waals surface area contributed by atoms with Crippen LogP contribution in [0, 0.1) is 5.82 Å². The molecule has 0 aliphatic heterocycles. The van der Waals surface area contributed by atoms with Crippen molar-refractivity contribution < 1.29 is 30.7 Å². The Morgan fingerprint density at radius 3 is 2.19 bits per heavy atom. The zero-order valence-electron chi connectivity index (χ0n) is 10.9. The topological polar surface area (TPSA) is 12.0 Å². The van der Waals surface area contributed by atoms with E-state index in [1.165, 1.54) is 6.07 Å². The molecular formula is C13H14F7N. The van der Waals surface area contributed by atoms with Gasteiger partial charge in [-0.2, -0.15) is 26.3 Å². The standard InChI is InChI=1S/C13H14F7N/c14-11-4-3-9(7-10(11)13(18,19)20)8-21-6-2-1-5-12(15,16)17/h3-4,7,21H,1-2,5-6,8H2. The minimum atomic E-state index is -4.77. The highest BCUT2D eigenvalue weighted by molar-refractivity contribution is 5.27. The van der Waals surface area contributed by atoms with Crippen LogP contribution < -0.4 is 5.32 Å². The third kappa shape index (κ3) is 6.79. The van der Waals surface area contributed by atoms with Crippen molar-refractivity contribution in [3.05, 3.63) is 35.1 Å². The normalized spacial score (nSPS) is 12.7. The van der Waals surface area contributed by atoms with E-state index in [0.29, 0.717) is 6.07 Å². The number of hydrogen-bond donors (Lipinski definition) is 1. The van der Waals surface area contributed by atoms with Crippen LogP contribution >= 0.6 is 0 Å². The molecule has 120 valence electrons. The summed E-state index contributed by atoms with van der Waals surface area (Å²) in [6, 6.07) is 2.62. The maximum Gasteiger partial charge on any atom is 0.419 e. The van der Waals surface area contributed by atoms with Crippen LogP contribution in [0.5, 0.6) is 0 Å². The second-order valence-corrected chi connectivity index (χ2v) is 4.56. The van der Waals surface area contributed by atoms with Crippen molar-refractivity contribution in [2.24, 2.45) is 0 Å². The number of nitrogens with one attached hydrogen (secondary N) is 1. The summed E-state index contributed by atoms with van der Waals surface area (Å²) >= 11 is 0. The monoisotopic (exact) mass is 317 g/mol. The Morgan fingerprint density at radius 2 is 1.62 bits per heavy atom. The molecule has 0 spiro atoms. The van der Waals surface area contributed by atoms with Gasteiger partial charge in [0.1, 0.15) is 5.82 Å². The molecule has 1 aromatic carbocycles. The van der Waals surface area contributed by atoms with E-state index in [9.17, 15) is 30.7 Å². The maximum absolute atomic E-state index is 13.0. The molecule has 0 atom stereocenters. The molecule has 0 saturated heterocycles. The van der Waals surface area contributed by atoms with Gasteiger partial charge in [-0.3, -0.25) is 0 Å². The van der Waals surface area contributed by atoms with Crippen LogP contribution in [0.4, 0.5) is 30.7 Å². The summed E-state index contributed by atoms with van der Waals surface area (Å²) < 4.78 is 86.0. The Morgan fingerprint density at radius 1 is 0.952 bits per heavy atom. The molecule has 0 saturated carbocycles. The molecule has 0 heterocycles. The molecule has 0 amide bonds. The Bertz CT molecular complexity index is 451. The molecule has 21 heavy (non-hydrogen) atoms. The SMILES string of the molecule is Fc1ccc(CNCCCCC(F)(F)F)cc1C(F)(F)F. The number of rotatable bonds is 6. The van der Waals surface area contributed by atoms with Crippen molar-refractivity contribution >= 4 is 0 Å². The van der Waals surface area contributed by atoms with E-state index in [1.54, 1.807) is 0 Å². The van der Waals surface area contributed by atoms with Crippen molar-refractivity contribution in [2.75, 3.05) is 6.54 Å². The molecule has 1 rings (SSSR count). The lowest BCUT2D eigenvalue weighted by atomic mass is 10.1. The van der Waals surface area contributed by atoms with Gasteiger partial charge in [-0.25, -0.2) is 4.39 Å². The van der Waals surface area contributed by atoms with Crippen LogP contribution in [0.1, 0.15) is 30.4 Å². The number of halogens is 7. The maximum atomic E-state index is 13.0. The van der Waals surface area contributed by atoms with Gasteiger partial charge in [-0.15, -0.1) is 0 Å². The first-order valence-corrected chi connectivity index (χ1v) is 6.23. The van der Waals surface area contributed by atoms with E-state index in [2.05, 4.69) is 5.32 Å². The number of hydrogen-bond acceptors (Lipinski definition) is 1. The molecule has 0 unspecified atom stereocenters. The zero-order valence-corrected chi connectivity index (χ0v) is 10.9. The highest BCUT2D eigenvalue weighted by Gasteiger charge is 2.34. The van der Waals surface area contributed by atoms with Crippen LogP contribution in [0.25, 0.3) is 0 Å². The second kappa shape index (κ2) is 7.11. The highest BCUT2D eigenvalue weighted by atomic mass is 19.4. The van der Waals surface area contributed by atoms with Gasteiger partial charge >= 0.3 is 12.4 Å². The molecule has 0 radical (unpaired) electrons. The number of unbranched alkanes of at least 4 members (excludes halogenated alkanes) is 1. The molecule has 0 fully saturated rings. The van der Waals surface area contributed by atoms with Crippen molar-refractivity contribution in [3.8, 4) is 0 Å². The molecular weight excluding hydrogens is 303 g/mol. The first kappa shape index (κ1) is 17.7. The molecule has 1 aromatic rings. The predicted molar refractivity (Wildman–Crippen MR) is 63.0 cm³/mol. The third-order valence-corrected chi connectivity index (χ3v) is 2.73. The molecule has 8 heteroatoms. The fraction of sp³-hybridized carbons (Fsp3) is 0.538. The average molecular weight is 317 g/mol. The summed E-state index contributed by atoms with van der Waals surface area (Å²) in [7, 11) is 0. The highest BCUT2D eigenvalue weighted by Crippen LogP contribution is 2.31. The third-order valence-electron chi connectivity index (χ3n) is 2.73. The van der Waals surface area contributed by atoms with Crippen LogP contribution in [-0.4, -0.2) is 12.7 Å². The first-order valence-electron chi connectivity index (χ1n) is 6.23. The molecule has 0 aliphatic carbocycles. The van der Waals surface area contributed by atoms with Crippen LogP contribution in [-0.2, 0) is 12.7 Å². The Balaban J connectivity index is 2.40. The predicted octanol–water partition coefficient (Wildman–Crippen LogP) is 4.67. The zero-order chi connectivity index (χ0) is 16.1. The van der Waals surface area contributed by atoms with Crippen molar-refractivity contribution in [1.29, 1.82) is 0 Å². The van der Waals surface area contributed by atoms with Crippen molar-refractivity contribution in [2.45, 2.75) is 38.2 Å². The largest absolute Gasteiger partial charge is 0.419 e. The van der Waals surface area contributed by atoms with Crippen LogP contribution in [0.3, 0.4) is 0 Å². The fourth-order valence-electron chi connectivity index (χ4n) is 1.71. The summed E-state index contributed by atoms with van der Waals surface area (Å²) in [5.74, 6) is -1.35. The fourth-order valence-corrected chi connectivity index (χ4v) is 1.71. The quantitative estimate of drug-likeness (QED) is 0.594. The minimum absolute atomic E-state index is 0.0371. The smallest absolute Gasteiger partial charge is 0.313 e. The summed E-state index contributed by atoms with van der Waals surface area (Å²) in [6.07, 6.45) is -9.64. The number of benzene rings is 1. The van der Waals surface area contributed by atoms with Gasteiger partial charge in [0.25, 0.3) is 0 Å². The minimum Gasteiger partial charge on any atom is -0.313 e. The van der Waals surface area contributed by atoms with Gasteiger partial charge in [0.05, 0.1) is 5.56 Å². The van der Waals surface area contributed by atoms with Gasteiger partial charge in [0.2, 0.25) is 0 Å². The summed E-state index contributed by atoms with van der Waals surface area (Å²) in [5.41, 5.74) is -1.13. The van der Waals surface area contributed by atoms with E-state index in [0.717, 1.165) is 6.07 Å². The van der Waals surface area contributed by atoms with Gasteiger partial charge in [-0.05, 0) is 37.1 Å². The first-order chi connectivity index (χ1) is 9.59. The molecule has 0 aliphatic rings. The molecule has 1 N–H and O–H groups in total. The van der Waals surface area contributed by atoms with E-state index < -0.39 is 30.2 Å². The lowest BCUT2D eigenvalue weighted by Gasteiger charge is -2.11.